The van der Waals surface area contributed by atoms with Crippen LogP contribution in [0.15, 0.2) is 95.9 Å². The van der Waals surface area contributed by atoms with E-state index in [9.17, 15) is 8.42 Å². The zero-order valence-corrected chi connectivity index (χ0v) is 20.7. The molecule has 0 aliphatic carbocycles. The molecule has 0 spiro atoms. The predicted octanol–water partition coefficient (Wildman–Crippen LogP) is 5.46. The van der Waals surface area contributed by atoms with Gasteiger partial charge in [0.25, 0.3) is 0 Å². The Morgan fingerprint density at radius 3 is 2.31 bits per heavy atom. The molecule has 0 bridgehead atoms. The van der Waals surface area contributed by atoms with Crippen LogP contribution in [0.1, 0.15) is 18.4 Å². The van der Waals surface area contributed by atoms with Gasteiger partial charge in [-0.25, -0.2) is 13.1 Å². The Balaban J connectivity index is 1.36. The smallest absolute Gasteiger partial charge is 0.241 e. The molecule has 5 nitrogen and oxygen atoms in total. The minimum absolute atomic E-state index is 0.0846. The molecule has 4 aromatic rings. The summed E-state index contributed by atoms with van der Waals surface area (Å²) in [6, 6.07) is 29.6. The average Bonchev–Trinajstić information content (AvgIpc) is 2.89. The summed E-state index contributed by atoms with van der Waals surface area (Å²) in [6.45, 7) is 2.62. The van der Waals surface area contributed by atoms with Gasteiger partial charge in [-0.15, -0.1) is 0 Å². The van der Waals surface area contributed by atoms with Crippen LogP contribution in [-0.4, -0.2) is 39.6 Å². The van der Waals surface area contributed by atoms with Gasteiger partial charge in [-0.05, 0) is 59.0 Å². The van der Waals surface area contributed by atoms with E-state index < -0.39 is 10.0 Å². The molecular formula is C29H30N2O3S. The number of hydrogen-bond acceptors (Lipinski definition) is 4. The molecule has 0 saturated carbocycles. The van der Waals surface area contributed by atoms with Crippen molar-refractivity contribution in [1.29, 1.82) is 0 Å². The lowest BCUT2D eigenvalue weighted by molar-refractivity contribution is 0.200. The van der Waals surface area contributed by atoms with Gasteiger partial charge in [0, 0.05) is 31.2 Å². The Morgan fingerprint density at radius 1 is 0.857 bits per heavy atom. The Morgan fingerprint density at radius 2 is 1.57 bits per heavy atom. The van der Waals surface area contributed by atoms with E-state index in [0.717, 1.165) is 48.8 Å². The van der Waals surface area contributed by atoms with Crippen LogP contribution >= 0.6 is 0 Å². The van der Waals surface area contributed by atoms with E-state index >= 15 is 0 Å². The summed E-state index contributed by atoms with van der Waals surface area (Å²) in [7, 11) is -2.12. The summed E-state index contributed by atoms with van der Waals surface area (Å²) in [4.78, 5) is 2.66. The van der Waals surface area contributed by atoms with Crippen LogP contribution in [0.2, 0.25) is 0 Å². The SMILES string of the molecule is COc1ccc(S(=O)(=O)NC2CCN(Cc3ccccc3)CC2)c(-c2ccc3ccccc3c2)c1. The van der Waals surface area contributed by atoms with Gasteiger partial charge in [0.1, 0.15) is 5.75 Å². The van der Waals surface area contributed by atoms with Gasteiger partial charge in [-0.1, -0.05) is 66.7 Å². The predicted molar refractivity (Wildman–Crippen MR) is 141 cm³/mol. The molecule has 1 saturated heterocycles. The van der Waals surface area contributed by atoms with E-state index in [1.807, 2.05) is 48.5 Å². The number of likely N-dealkylation sites (tertiary alicyclic amines) is 1. The minimum Gasteiger partial charge on any atom is -0.497 e. The lowest BCUT2D eigenvalue weighted by atomic mass is 10.0. The molecule has 0 atom stereocenters. The molecule has 180 valence electrons. The first-order valence-electron chi connectivity index (χ1n) is 12.0. The van der Waals surface area contributed by atoms with Gasteiger partial charge in [0.15, 0.2) is 0 Å². The first-order chi connectivity index (χ1) is 17.0. The number of benzene rings is 4. The molecule has 1 aliphatic rings. The van der Waals surface area contributed by atoms with Crippen molar-refractivity contribution in [3.8, 4) is 16.9 Å². The van der Waals surface area contributed by atoms with Crippen LogP contribution < -0.4 is 9.46 Å². The monoisotopic (exact) mass is 486 g/mol. The average molecular weight is 487 g/mol. The number of hydrogen-bond donors (Lipinski definition) is 1. The first kappa shape index (κ1) is 23.5. The van der Waals surface area contributed by atoms with Gasteiger partial charge >= 0.3 is 0 Å². The second-order valence-electron chi connectivity index (χ2n) is 9.08. The summed E-state index contributed by atoms with van der Waals surface area (Å²) >= 11 is 0. The quantitative estimate of drug-likeness (QED) is 0.377. The third-order valence-electron chi connectivity index (χ3n) is 6.70. The molecule has 1 fully saturated rings. The molecule has 4 aromatic carbocycles. The largest absolute Gasteiger partial charge is 0.497 e. The molecule has 1 N–H and O–H groups in total. The Kier molecular flexibility index (Phi) is 6.86. The van der Waals surface area contributed by atoms with E-state index in [1.165, 1.54) is 5.56 Å². The number of nitrogens with one attached hydrogen (secondary N) is 1. The summed E-state index contributed by atoms with van der Waals surface area (Å²) in [5.74, 6) is 0.626. The first-order valence-corrected chi connectivity index (χ1v) is 13.5. The molecular weight excluding hydrogens is 456 g/mol. The number of nitrogens with zero attached hydrogens (tertiary/aromatic N) is 1. The Bertz CT molecular complexity index is 1410. The van der Waals surface area contributed by atoms with Gasteiger partial charge in [0.2, 0.25) is 10.0 Å². The van der Waals surface area contributed by atoms with E-state index in [4.69, 9.17) is 4.74 Å². The highest BCUT2D eigenvalue weighted by Crippen LogP contribution is 2.33. The fraction of sp³-hybridized carbons (Fsp3) is 0.241. The maximum absolute atomic E-state index is 13.6. The summed E-state index contributed by atoms with van der Waals surface area (Å²) in [6.07, 6.45) is 1.57. The summed E-state index contributed by atoms with van der Waals surface area (Å²) in [5.41, 5.74) is 2.77. The highest BCUT2D eigenvalue weighted by atomic mass is 32.2. The van der Waals surface area contributed by atoms with Crippen molar-refractivity contribution in [3.05, 3.63) is 96.6 Å². The zero-order chi connectivity index (χ0) is 24.3. The fourth-order valence-electron chi connectivity index (χ4n) is 4.79. The normalized spacial score (nSPS) is 15.3. The maximum atomic E-state index is 13.6. The molecule has 0 aromatic heterocycles. The molecule has 1 heterocycles. The molecule has 6 heteroatoms. The number of methoxy groups -OCH3 is 1. The number of ether oxygens (including phenoxy) is 1. The molecule has 0 radical (unpaired) electrons. The zero-order valence-electron chi connectivity index (χ0n) is 19.9. The molecule has 35 heavy (non-hydrogen) atoms. The summed E-state index contributed by atoms with van der Waals surface area (Å²) < 4.78 is 35.5. The third kappa shape index (κ3) is 5.40. The Hall–Kier alpha value is -3.19. The van der Waals surface area contributed by atoms with Crippen molar-refractivity contribution >= 4 is 20.8 Å². The molecule has 5 rings (SSSR count). The summed E-state index contributed by atoms with van der Waals surface area (Å²) in [5, 5.41) is 2.18. The highest BCUT2D eigenvalue weighted by Gasteiger charge is 2.27. The molecule has 0 amide bonds. The maximum Gasteiger partial charge on any atom is 0.241 e. The topological polar surface area (TPSA) is 58.6 Å². The van der Waals surface area contributed by atoms with Gasteiger partial charge in [-0.3, -0.25) is 4.90 Å². The van der Waals surface area contributed by atoms with E-state index in [-0.39, 0.29) is 10.9 Å². The molecule has 1 aliphatic heterocycles. The lowest BCUT2D eigenvalue weighted by Gasteiger charge is -2.32. The second-order valence-corrected chi connectivity index (χ2v) is 10.8. The van der Waals surface area contributed by atoms with Crippen LogP contribution in [0.3, 0.4) is 0 Å². The lowest BCUT2D eigenvalue weighted by Crippen LogP contribution is -2.44. The van der Waals surface area contributed by atoms with Crippen molar-refractivity contribution in [2.75, 3.05) is 20.2 Å². The van der Waals surface area contributed by atoms with Gasteiger partial charge in [0.05, 0.1) is 12.0 Å². The van der Waals surface area contributed by atoms with E-state index in [2.05, 4.69) is 33.9 Å². The van der Waals surface area contributed by atoms with Crippen molar-refractivity contribution in [2.24, 2.45) is 0 Å². The number of rotatable bonds is 7. The van der Waals surface area contributed by atoms with Crippen molar-refractivity contribution in [2.45, 2.75) is 30.3 Å². The van der Waals surface area contributed by atoms with Gasteiger partial charge in [-0.2, -0.15) is 0 Å². The highest BCUT2D eigenvalue weighted by molar-refractivity contribution is 7.89. The second kappa shape index (κ2) is 10.2. The van der Waals surface area contributed by atoms with Crippen molar-refractivity contribution < 1.29 is 13.2 Å². The Labute approximate surface area is 207 Å². The van der Waals surface area contributed by atoms with Crippen LogP contribution in [0.4, 0.5) is 0 Å². The van der Waals surface area contributed by atoms with E-state index in [1.54, 1.807) is 25.3 Å². The minimum atomic E-state index is -3.72. The number of piperidine rings is 1. The van der Waals surface area contributed by atoms with Crippen molar-refractivity contribution in [3.63, 3.8) is 0 Å². The third-order valence-corrected chi connectivity index (χ3v) is 8.27. The van der Waals surface area contributed by atoms with E-state index in [0.29, 0.717) is 11.3 Å². The standard InChI is InChI=1S/C29H30N2O3S/c1-34-27-13-14-29(28(20-27)25-12-11-23-9-5-6-10-24(23)19-25)35(32,33)30-26-15-17-31(18-16-26)21-22-7-3-2-4-8-22/h2-14,19-20,26,30H,15-18,21H2,1H3. The van der Waals surface area contributed by atoms with Crippen LogP contribution in [0, 0.1) is 0 Å². The van der Waals surface area contributed by atoms with Crippen LogP contribution in [0.5, 0.6) is 5.75 Å². The fourth-order valence-corrected chi connectivity index (χ4v) is 6.30. The number of sulfonamides is 1. The van der Waals surface area contributed by atoms with Crippen LogP contribution in [0.25, 0.3) is 21.9 Å². The van der Waals surface area contributed by atoms with Crippen molar-refractivity contribution in [1.82, 2.24) is 9.62 Å². The number of fused-ring (bicyclic) bond motifs is 1. The molecule has 0 unspecified atom stereocenters. The van der Waals surface area contributed by atoms with Gasteiger partial charge < -0.3 is 4.74 Å². The van der Waals surface area contributed by atoms with Crippen LogP contribution in [-0.2, 0) is 16.6 Å².